The maximum Gasteiger partial charge on any atom is 0.243 e. The molecule has 0 aromatic heterocycles. The Kier molecular flexibility index (Phi) is 4.76. The van der Waals surface area contributed by atoms with Crippen LogP contribution in [0.2, 0.25) is 0 Å². The van der Waals surface area contributed by atoms with Gasteiger partial charge in [-0.2, -0.15) is 4.31 Å². The summed E-state index contributed by atoms with van der Waals surface area (Å²) in [4.78, 5) is 0.388. The number of morpholine rings is 1. The zero-order valence-corrected chi connectivity index (χ0v) is 15.1. The van der Waals surface area contributed by atoms with Crippen molar-refractivity contribution in [1.82, 2.24) is 4.31 Å². The molecule has 3 rings (SSSR count). The molecule has 0 radical (unpaired) electrons. The van der Waals surface area contributed by atoms with Crippen LogP contribution in [-0.4, -0.2) is 32.4 Å². The molecule has 0 bridgehead atoms. The summed E-state index contributed by atoms with van der Waals surface area (Å²) in [6.45, 7) is 6.98. The van der Waals surface area contributed by atoms with E-state index in [-0.39, 0.29) is 6.10 Å². The number of sulfonamides is 1. The molecule has 1 aliphatic rings. The van der Waals surface area contributed by atoms with Crippen molar-refractivity contribution in [2.45, 2.75) is 31.8 Å². The summed E-state index contributed by atoms with van der Waals surface area (Å²) < 4.78 is 33.5. The standard InChI is InChI=1S/C19H23NO3S/c1-14-8-9-19(16(3)12-14)24(21,22)20-10-11-23-18(13-20)17-7-5-4-6-15(17)2/h4-9,12,18H,10-11,13H2,1-3H3. The fraction of sp³-hybridized carbons (Fsp3) is 0.368. The van der Waals surface area contributed by atoms with Crippen molar-refractivity contribution in [2.24, 2.45) is 0 Å². The third-order valence-corrected chi connectivity index (χ3v) is 6.54. The first-order valence-corrected chi connectivity index (χ1v) is 9.58. The Morgan fingerprint density at radius 1 is 1.04 bits per heavy atom. The van der Waals surface area contributed by atoms with E-state index in [2.05, 4.69) is 0 Å². The van der Waals surface area contributed by atoms with Crippen LogP contribution in [0.4, 0.5) is 0 Å². The van der Waals surface area contributed by atoms with Crippen molar-refractivity contribution in [2.75, 3.05) is 19.7 Å². The highest BCUT2D eigenvalue weighted by atomic mass is 32.2. The van der Waals surface area contributed by atoms with Crippen molar-refractivity contribution >= 4 is 10.0 Å². The maximum atomic E-state index is 13.1. The van der Waals surface area contributed by atoms with E-state index in [0.29, 0.717) is 24.6 Å². The number of hydrogen-bond donors (Lipinski definition) is 0. The summed E-state index contributed by atoms with van der Waals surface area (Å²) in [6.07, 6.45) is -0.222. The van der Waals surface area contributed by atoms with Gasteiger partial charge in [-0.3, -0.25) is 0 Å². The van der Waals surface area contributed by atoms with Crippen molar-refractivity contribution in [3.8, 4) is 0 Å². The number of nitrogens with zero attached hydrogens (tertiary/aromatic N) is 1. The summed E-state index contributed by atoms with van der Waals surface area (Å²) >= 11 is 0. The molecule has 4 nitrogen and oxygen atoms in total. The van der Waals surface area contributed by atoms with E-state index in [1.54, 1.807) is 10.4 Å². The van der Waals surface area contributed by atoms with Gasteiger partial charge >= 0.3 is 0 Å². The van der Waals surface area contributed by atoms with Crippen LogP contribution in [0.1, 0.15) is 28.4 Å². The van der Waals surface area contributed by atoms with Gasteiger partial charge in [0.25, 0.3) is 0 Å². The molecule has 1 aliphatic heterocycles. The highest BCUT2D eigenvalue weighted by Crippen LogP contribution is 2.29. The summed E-state index contributed by atoms with van der Waals surface area (Å²) in [5.74, 6) is 0. The highest BCUT2D eigenvalue weighted by Gasteiger charge is 2.32. The molecule has 0 spiro atoms. The van der Waals surface area contributed by atoms with Crippen molar-refractivity contribution < 1.29 is 13.2 Å². The van der Waals surface area contributed by atoms with Gasteiger partial charge in [0, 0.05) is 13.1 Å². The lowest BCUT2D eigenvalue weighted by atomic mass is 10.0. The highest BCUT2D eigenvalue weighted by molar-refractivity contribution is 7.89. The minimum atomic E-state index is -3.51. The Bertz CT molecular complexity index is 845. The van der Waals surface area contributed by atoms with Crippen LogP contribution in [-0.2, 0) is 14.8 Å². The van der Waals surface area contributed by atoms with Crippen LogP contribution in [0.25, 0.3) is 0 Å². The topological polar surface area (TPSA) is 46.6 Å². The minimum Gasteiger partial charge on any atom is -0.371 e. The first-order valence-electron chi connectivity index (χ1n) is 8.14. The zero-order valence-electron chi connectivity index (χ0n) is 14.3. The second-order valence-electron chi connectivity index (χ2n) is 6.35. The molecule has 0 aliphatic carbocycles. The molecule has 24 heavy (non-hydrogen) atoms. The molecule has 128 valence electrons. The molecular formula is C19H23NO3S. The molecule has 0 N–H and O–H groups in total. The van der Waals surface area contributed by atoms with Crippen LogP contribution in [0.3, 0.4) is 0 Å². The van der Waals surface area contributed by atoms with Gasteiger partial charge in [-0.15, -0.1) is 0 Å². The molecule has 1 saturated heterocycles. The van der Waals surface area contributed by atoms with Crippen LogP contribution in [0.15, 0.2) is 47.4 Å². The van der Waals surface area contributed by atoms with Crippen molar-refractivity contribution in [3.05, 3.63) is 64.7 Å². The first-order chi connectivity index (χ1) is 11.4. The first kappa shape index (κ1) is 17.1. The summed E-state index contributed by atoms with van der Waals surface area (Å²) in [6, 6.07) is 13.4. The quantitative estimate of drug-likeness (QED) is 0.857. The molecule has 5 heteroatoms. The van der Waals surface area contributed by atoms with Crippen LogP contribution < -0.4 is 0 Å². The zero-order chi connectivity index (χ0) is 17.3. The average molecular weight is 345 g/mol. The van der Waals surface area contributed by atoms with Gasteiger partial charge in [0.15, 0.2) is 0 Å². The summed E-state index contributed by atoms with van der Waals surface area (Å²) in [5, 5.41) is 0. The fourth-order valence-corrected chi connectivity index (χ4v) is 4.84. The molecule has 1 unspecified atom stereocenters. The molecule has 2 aromatic rings. The van der Waals surface area contributed by atoms with Crippen molar-refractivity contribution in [1.29, 1.82) is 0 Å². The molecule has 1 atom stereocenters. The molecule has 2 aromatic carbocycles. The Labute approximate surface area is 144 Å². The number of aryl methyl sites for hydroxylation is 3. The SMILES string of the molecule is Cc1ccc(S(=O)(=O)N2CCOC(c3ccccc3C)C2)c(C)c1. The predicted octanol–water partition coefficient (Wildman–Crippen LogP) is 3.37. The molecule has 0 saturated carbocycles. The van der Waals surface area contributed by atoms with Gasteiger partial charge < -0.3 is 4.74 Å². The minimum absolute atomic E-state index is 0.222. The molecule has 1 fully saturated rings. The smallest absolute Gasteiger partial charge is 0.243 e. The van der Waals surface area contributed by atoms with Gasteiger partial charge in [0.2, 0.25) is 10.0 Å². The normalized spacial score (nSPS) is 19.4. The Hall–Kier alpha value is -1.69. The van der Waals surface area contributed by atoms with Gasteiger partial charge in [0.1, 0.15) is 0 Å². The lowest BCUT2D eigenvalue weighted by Crippen LogP contribution is -2.42. The van der Waals surface area contributed by atoms with E-state index >= 15 is 0 Å². The van der Waals surface area contributed by atoms with Crippen LogP contribution >= 0.6 is 0 Å². The van der Waals surface area contributed by atoms with E-state index in [4.69, 9.17) is 4.74 Å². The fourth-order valence-electron chi connectivity index (χ4n) is 3.21. The molecule has 1 heterocycles. The van der Waals surface area contributed by atoms with E-state index in [0.717, 1.165) is 22.3 Å². The number of rotatable bonds is 3. The van der Waals surface area contributed by atoms with Gasteiger partial charge in [-0.25, -0.2) is 8.42 Å². The van der Waals surface area contributed by atoms with Gasteiger partial charge in [-0.05, 0) is 43.5 Å². The van der Waals surface area contributed by atoms with Crippen molar-refractivity contribution in [3.63, 3.8) is 0 Å². The monoisotopic (exact) mass is 345 g/mol. The second-order valence-corrected chi connectivity index (χ2v) is 8.25. The van der Waals surface area contributed by atoms with Gasteiger partial charge in [-0.1, -0.05) is 42.0 Å². The lowest BCUT2D eigenvalue weighted by Gasteiger charge is -2.33. The third-order valence-electron chi connectivity index (χ3n) is 4.51. The van der Waals surface area contributed by atoms with E-state index in [1.165, 1.54) is 0 Å². The number of benzene rings is 2. The Morgan fingerprint density at radius 3 is 2.50 bits per heavy atom. The summed E-state index contributed by atoms with van der Waals surface area (Å²) in [5.41, 5.74) is 4.02. The second kappa shape index (κ2) is 6.67. The van der Waals surface area contributed by atoms with Crippen LogP contribution in [0.5, 0.6) is 0 Å². The maximum absolute atomic E-state index is 13.1. The third kappa shape index (κ3) is 3.24. The molecular weight excluding hydrogens is 322 g/mol. The van der Waals surface area contributed by atoms with Gasteiger partial charge in [0.05, 0.1) is 17.6 Å². The number of ether oxygens (including phenoxy) is 1. The van der Waals surface area contributed by atoms with E-state index in [1.807, 2.05) is 57.2 Å². The molecule has 0 amide bonds. The Balaban J connectivity index is 1.90. The summed E-state index contributed by atoms with van der Waals surface area (Å²) in [7, 11) is -3.51. The predicted molar refractivity (Wildman–Crippen MR) is 94.5 cm³/mol. The van der Waals surface area contributed by atoms with Crippen LogP contribution in [0, 0.1) is 20.8 Å². The lowest BCUT2D eigenvalue weighted by molar-refractivity contribution is -0.00289. The van der Waals surface area contributed by atoms with E-state index in [9.17, 15) is 8.42 Å². The van der Waals surface area contributed by atoms with E-state index < -0.39 is 10.0 Å². The number of hydrogen-bond acceptors (Lipinski definition) is 3. The largest absolute Gasteiger partial charge is 0.371 e. The average Bonchev–Trinajstić information content (AvgIpc) is 2.55. The Morgan fingerprint density at radius 2 is 1.79 bits per heavy atom.